The zero-order valence-electron chi connectivity index (χ0n) is 18.3. The van der Waals surface area contributed by atoms with Gasteiger partial charge in [-0.3, -0.25) is 14.8 Å². The molecule has 4 heterocycles. The molecule has 0 aromatic carbocycles. The average Bonchev–Trinajstić information content (AvgIpc) is 3.45. The van der Waals surface area contributed by atoms with Crippen LogP contribution in [-0.2, 0) is 11.3 Å². The van der Waals surface area contributed by atoms with Gasteiger partial charge in [-0.05, 0) is 56.6 Å². The minimum absolute atomic E-state index is 0. The van der Waals surface area contributed by atoms with Crippen LogP contribution in [0.2, 0.25) is 0 Å². The van der Waals surface area contributed by atoms with E-state index in [1.807, 2.05) is 11.3 Å². The van der Waals surface area contributed by atoms with Crippen molar-refractivity contribution < 1.29 is 4.74 Å². The van der Waals surface area contributed by atoms with Gasteiger partial charge in [0, 0.05) is 56.7 Å². The number of thiophene rings is 1. The predicted molar refractivity (Wildman–Crippen MR) is 136 cm³/mol. The van der Waals surface area contributed by atoms with Gasteiger partial charge in [0.2, 0.25) is 0 Å². The molecular weight excluding hydrogens is 509 g/mol. The van der Waals surface area contributed by atoms with Gasteiger partial charge in [-0.1, -0.05) is 6.07 Å². The van der Waals surface area contributed by atoms with Crippen LogP contribution in [-0.4, -0.2) is 92.3 Å². The van der Waals surface area contributed by atoms with Crippen LogP contribution in [0.4, 0.5) is 0 Å². The Morgan fingerprint density at radius 1 is 1.17 bits per heavy atom. The maximum atomic E-state index is 5.52. The quantitative estimate of drug-likeness (QED) is 0.337. The summed E-state index contributed by atoms with van der Waals surface area (Å²) in [5.74, 6) is 1.85. The Morgan fingerprint density at radius 3 is 2.67 bits per heavy atom. The van der Waals surface area contributed by atoms with Gasteiger partial charge in [0.05, 0.1) is 13.2 Å². The molecule has 3 aliphatic rings. The molecule has 3 fully saturated rings. The lowest BCUT2D eigenvalue weighted by atomic mass is 9.97. The number of rotatable bonds is 6. The lowest BCUT2D eigenvalue weighted by Gasteiger charge is -2.32. The monoisotopic (exact) mass is 547 g/mol. The molecule has 0 radical (unpaired) electrons. The minimum atomic E-state index is 0. The normalized spacial score (nSPS) is 24.8. The van der Waals surface area contributed by atoms with Crippen molar-refractivity contribution in [3.8, 4) is 0 Å². The molecule has 0 aliphatic carbocycles. The lowest BCUT2D eigenvalue weighted by Crippen LogP contribution is -2.46. The van der Waals surface area contributed by atoms with E-state index in [-0.39, 0.29) is 24.0 Å². The smallest absolute Gasteiger partial charge is 0.193 e. The zero-order valence-corrected chi connectivity index (χ0v) is 21.4. The molecule has 1 unspecified atom stereocenters. The van der Waals surface area contributed by atoms with Gasteiger partial charge in [0.1, 0.15) is 0 Å². The summed E-state index contributed by atoms with van der Waals surface area (Å²) in [4.78, 5) is 14.2. The molecule has 0 bridgehead atoms. The zero-order chi connectivity index (χ0) is 19.9. The summed E-state index contributed by atoms with van der Waals surface area (Å²) in [5.41, 5.74) is 0. The van der Waals surface area contributed by atoms with Crippen molar-refractivity contribution in [2.45, 2.75) is 38.8 Å². The number of aliphatic imine (C=N–C) groups is 1. The van der Waals surface area contributed by atoms with Crippen molar-refractivity contribution in [1.82, 2.24) is 20.0 Å². The Bertz CT molecular complexity index is 629. The third kappa shape index (κ3) is 6.79. The summed E-state index contributed by atoms with van der Waals surface area (Å²) in [5, 5.41) is 5.73. The van der Waals surface area contributed by atoms with E-state index in [9.17, 15) is 0 Å². The standard InChI is InChI=1S/C22H37N5OS.HI/c1-2-23-22(27-10-7-20(17-27)26-11-13-28-14-12-26)24-16-19-5-8-25(9-6-19)18-21-4-3-15-29-21;/h3-4,15,19-20H,2,5-14,16-18H2,1H3,(H,23,24);1H. The van der Waals surface area contributed by atoms with Crippen molar-refractivity contribution in [1.29, 1.82) is 0 Å². The fraction of sp³-hybridized carbons (Fsp3) is 0.773. The molecule has 30 heavy (non-hydrogen) atoms. The van der Waals surface area contributed by atoms with Crippen LogP contribution in [0, 0.1) is 5.92 Å². The first kappa shape index (κ1) is 24.2. The fourth-order valence-corrected chi connectivity index (χ4v) is 5.51. The topological polar surface area (TPSA) is 43.3 Å². The van der Waals surface area contributed by atoms with E-state index in [2.05, 4.69) is 44.5 Å². The van der Waals surface area contributed by atoms with Crippen LogP contribution < -0.4 is 5.32 Å². The van der Waals surface area contributed by atoms with Gasteiger partial charge in [-0.25, -0.2) is 0 Å². The largest absolute Gasteiger partial charge is 0.379 e. The van der Waals surface area contributed by atoms with Crippen LogP contribution in [0.3, 0.4) is 0 Å². The number of morpholine rings is 1. The van der Waals surface area contributed by atoms with Crippen LogP contribution in [0.15, 0.2) is 22.5 Å². The van der Waals surface area contributed by atoms with Crippen LogP contribution in [0.25, 0.3) is 0 Å². The second kappa shape index (κ2) is 12.6. The number of piperidine rings is 1. The first-order valence-electron chi connectivity index (χ1n) is 11.4. The Morgan fingerprint density at radius 2 is 1.97 bits per heavy atom. The predicted octanol–water partition coefficient (Wildman–Crippen LogP) is 2.95. The van der Waals surface area contributed by atoms with E-state index in [1.54, 1.807) is 0 Å². The number of hydrogen-bond donors (Lipinski definition) is 1. The lowest BCUT2D eigenvalue weighted by molar-refractivity contribution is 0.0195. The molecule has 3 aliphatic heterocycles. The summed E-state index contributed by atoms with van der Waals surface area (Å²) in [6.45, 7) is 13.8. The number of likely N-dealkylation sites (tertiary alicyclic amines) is 2. The number of guanidine groups is 1. The second-order valence-electron chi connectivity index (χ2n) is 8.53. The van der Waals surface area contributed by atoms with Gasteiger partial charge < -0.3 is 15.0 Å². The molecule has 1 atom stereocenters. The fourth-order valence-electron chi connectivity index (χ4n) is 4.77. The molecule has 170 valence electrons. The molecule has 1 aromatic rings. The number of ether oxygens (including phenoxy) is 1. The van der Waals surface area contributed by atoms with Crippen LogP contribution in [0.5, 0.6) is 0 Å². The highest BCUT2D eigenvalue weighted by Gasteiger charge is 2.30. The third-order valence-corrected chi connectivity index (χ3v) is 7.39. The molecule has 0 spiro atoms. The summed E-state index contributed by atoms with van der Waals surface area (Å²) in [6, 6.07) is 5.07. The average molecular weight is 548 g/mol. The molecule has 8 heteroatoms. The van der Waals surface area contributed by atoms with Gasteiger partial charge in [-0.2, -0.15) is 0 Å². The van der Waals surface area contributed by atoms with Gasteiger partial charge in [0.25, 0.3) is 0 Å². The van der Waals surface area contributed by atoms with Crippen LogP contribution >= 0.6 is 35.3 Å². The first-order valence-corrected chi connectivity index (χ1v) is 12.3. The SMILES string of the molecule is CCNC(=NCC1CCN(Cc2cccs2)CC1)N1CCC(N2CCOCC2)C1.I. The second-order valence-corrected chi connectivity index (χ2v) is 9.56. The molecular formula is C22H38IN5OS. The Kier molecular flexibility index (Phi) is 10.2. The molecule has 1 aromatic heterocycles. The summed E-state index contributed by atoms with van der Waals surface area (Å²) in [7, 11) is 0. The molecule has 0 amide bonds. The Labute approximate surface area is 203 Å². The highest BCUT2D eigenvalue weighted by Crippen LogP contribution is 2.22. The summed E-state index contributed by atoms with van der Waals surface area (Å²) >= 11 is 1.87. The number of nitrogens with one attached hydrogen (secondary N) is 1. The molecule has 6 nitrogen and oxygen atoms in total. The highest BCUT2D eigenvalue weighted by atomic mass is 127. The van der Waals surface area contributed by atoms with Crippen LogP contribution in [0.1, 0.15) is 31.1 Å². The van der Waals surface area contributed by atoms with Crippen molar-refractivity contribution in [2.75, 3.05) is 65.6 Å². The maximum absolute atomic E-state index is 5.52. The van der Waals surface area contributed by atoms with Gasteiger partial charge in [-0.15, -0.1) is 35.3 Å². The maximum Gasteiger partial charge on any atom is 0.193 e. The minimum Gasteiger partial charge on any atom is -0.379 e. The Balaban J connectivity index is 0.00000256. The van der Waals surface area contributed by atoms with E-state index in [0.717, 1.165) is 70.9 Å². The first-order chi connectivity index (χ1) is 14.3. The number of halogens is 1. The number of nitrogens with zero attached hydrogens (tertiary/aromatic N) is 4. The van der Waals surface area contributed by atoms with E-state index in [1.165, 1.54) is 37.2 Å². The van der Waals surface area contributed by atoms with E-state index in [0.29, 0.717) is 6.04 Å². The highest BCUT2D eigenvalue weighted by molar-refractivity contribution is 14.0. The van der Waals surface area contributed by atoms with Gasteiger partial charge in [0.15, 0.2) is 5.96 Å². The van der Waals surface area contributed by atoms with E-state index in [4.69, 9.17) is 9.73 Å². The van der Waals surface area contributed by atoms with Crippen molar-refractivity contribution >= 4 is 41.3 Å². The molecule has 4 rings (SSSR count). The molecule has 0 saturated carbocycles. The number of hydrogen-bond acceptors (Lipinski definition) is 5. The van der Waals surface area contributed by atoms with Crippen molar-refractivity contribution in [3.05, 3.63) is 22.4 Å². The van der Waals surface area contributed by atoms with Crippen molar-refractivity contribution in [2.24, 2.45) is 10.9 Å². The summed E-state index contributed by atoms with van der Waals surface area (Å²) in [6.07, 6.45) is 3.78. The third-order valence-electron chi connectivity index (χ3n) is 6.53. The molecule has 1 N–H and O–H groups in total. The van der Waals surface area contributed by atoms with Gasteiger partial charge >= 0.3 is 0 Å². The Hall–Kier alpha value is -0.420. The molecule has 3 saturated heterocycles. The van der Waals surface area contributed by atoms with E-state index < -0.39 is 0 Å². The van der Waals surface area contributed by atoms with E-state index >= 15 is 0 Å². The van der Waals surface area contributed by atoms with Crippen molar-refractivity contribution in [3.63, 3.8) is 0 Å². The summed E-state index contributed by atoms with van der Waals surface area (Å²) < 4.78 is 5.52.